The number of carbonyl (C=O) groups is 1. The average Bonchev–Trinajstić information content (AvgIpc) is 3.48. The van der Waals surface area contributed by atoms with Gasteiger partial charge < -0.3 is 9.84 Å². The van der Waals surface area contributed by atoms with E-state index in [0.29, 0.717) is 35.1 Å². The SMILES string of the molecule is O=C(Nc1ccc2c(c1)N(S(=O)(=O)c1ccc(Cl)cc1)CC2)c1cc(-c2ccccc2)on1. The number of hydrogen-bond acceptors (Lipinski definition) is 5. The van der Waals surface area contributed by atoms with Gasteiger partial charge in [-0.1, -0.05) is 53.2 Å². The van der Waals surface area contributed by atoms with Gasteiger partial charge >= 0.3 is 0 Å². The molecule has 1 aliphatic rings. The van der Waals surface area contributed by atoms with Crippen molar-refractivity contribution in [1.29, 1.82) is 0 Å². The number of nitrogens with one attached hydrogen (secondary N) is 1. The topological polar surface area (TPSA) is 92.5 Å². The van der Waals surface area contributed by atoms with Gasteiger partial charge in [0.2, 0.25) is 0 Å². The maximum Gasteiger partial charge on any atom is 0.277 e. The smallest absolute Gasteiger partial charge is 0.277 e. The number of nitrogens with zero attached hydrogens (tertiary/aromatic N) is 2. The average molecular weight is 480 g/mol. The van der Waals surface area contributed by atoms with Crippen molar-refractivity contribution >= 4 is 38.9 Å². The Balaban J connectivity index is 1.38. The minimum atomic E-state index is -3.76. The van der Waals surface area contributed by atoms with Crippen LogP contribution in [0.4, 0.5) is 11.4 Å². The maximum absolute atomic E-state index is 13.2. The van der Waals surface area contributed by atoms with Crippen LogP contribution < -0.4 is 9.62 Å². The molecule has 0 aliphatic carbocycles. The van der Waals surface area contributed by atoms with Gasteiger partial charge in [-0.15, -0.1) is 0 Å². The summed E-state index contributed by atoms with van der Waals surface area (Å²) in [6, 6.07) is 22.2. The summed E-state index contributed by atoms with van der Waals surface area (Å²) in [6.45, 7) is 0.321. The fourth-order valence-electron chi connectivity index (χ4n) is 3.73. The van der Waals surface area contributed by atoms with Crippen LogP contribution in [0, 0.1) is 0 Å². The van der Waals surface area contributed by atoms with Gasteiger partial charge in [-0.25, -0.2) is 8.42 Å². The first kappa shape index (κ1) is 21.2. The van der Waals surface area contributed by atoms with Crippen molar-refractivity contribution in [1.82, 2.24) is 5.16 Å². The molecule has 5 rings (SSSR count). The highest BCUT2D eigenvalue weighted by molar-refractivity contribution is 7.92. The Morgan fingerprint density at radius 1 is 1.00 bits per heavy atom. The van der Waals surface area contributed by atoms with E-state index in [4.69, 9.17) is 16.1 Å². The first-order chi connectivity index (χ1) is 15.9. The molecule has 1 aliphatic heterocycles. The van der Waals surface area contributed by atoms with Crippen LogP contribution in [-0.2, 0) is 16.4 Å². The van der Waals surface area contributed by atoms with Gasteiger partial charge in [0.1, 0.15) is 0 Å². The molecule has 166 valence electrons. The monoisotopic (exact) mass is 479 g/mol. The Bertz CT molecular complexity index is 1430. The molecule has 0 atom stereocenters. The van der Waals surface area contributed by atoms with Crippen molar-refractivity contribution in [2.75, 3.05) is 16.2 Å². The van der Waals surface area contributed by atoms with Gasteiger partial charge in [0, 0.05) is 28.9 Å². The minimum Gasteiger partial charge on any atom is -0.355 e. The quantitative estimate of drug-likeness (QED) is 0.435. The van der Waals surface area contributed by atoms with E-state index in [9.17, 15) is 13.2 Å². The van der Waals surface area contributed by atoms with Gasteiger partial charge in [-0.3, -0.25) is 9.10 Å². The van der Waals surface area contributed by atoms with E-state index in [2.05, 4.69) is 10.5 Å². The largest absolute Gasteiger partial charge is 0.355 e. The van der Waals surface area contributed by atoms with Gasteiger partial charge in [0.05, 0.1) is 10.6 Å². The van der Waals surface area contributed by atoms with E-state index < -0.39 is 15.9 Å². The van der Waals surface area contributed by atoms with Crippen LogP contribution in [-0.4, -0.2) is 26.0 Å². The maximum atomic E-state index is 13.2. The normalized spacial score (nSPS) is 13.1. The molecular formula is C24H18ClN3O4S. The summed E-state index contributed by atoms with van der Waals surface area (Å²) in [5.41, 5.74) is 2.82. The van der Waals surface area contributed by atoms with Crippen LogP contribution in [0.3, 0.4) is 0 Å². The van der Waals surface area contributed by atoms with E-state index >= 15 is 0 Å². The zero-order chi connectivity index (χ0) is 23.0. The number of fused-ring (bicyclic) bond motifs is 1. The molecule has 4 aromatic rings. The fourth-order valence-corrected chi connectivity index (χ4v) is 5.35. The minimum absolute atomic E-state index is 0.125. The molecule has 2 heterocycles. The molecule has 0 bridgehead atoms. The summed E-state index contributed by atoms with van der Waals surface area (Å²) in [7, 11) is -3.76. The lowest BCUT2D eigenvalue weighted by molar-refractivity contribution is 0.101. The van der Waals surface area contributed by atoms with Crippen LogP contribution in [0.5, 0.6) is 0 Å². The van der Waals surface area contributed by atoms with Crippen LogP contribution in [0.25, 0.3) is 11.3 Å². The molecule has 1 aromatic heterocycles. The van der Waals surface area contributed by atoms with E-state index in [1.54, 1.807) is 30.3 Å². The molecule has 0 unspecified atom stereocenters. The summed E-state index contributed by atoms with van der Waals surface area (Å²) in [5, 5.41) is 7.09. The fraction of sp³-hybridized carbons (Fsp3) is 0.0833. The predicted molar refractivity (Wildman–Crippen MR) is 126 cm³/mol. The first-order valence-corrected chi connectivity index (χ1v) is 12.0. The highest BCUT2D eigenvalue weighted by atomic mass is 35.5. The lowest BCUT2D eigenvalue weighted by Gasteiger charge is -2.20. The zero-order valence-corrected chi connectivity index (χ0v) is 18.8. The number of aromatic nitrogens is 1. The zero-order valence-electron chi connectivity index (χ0n) is 17.2. The number of anilines is 2. The summed E-state index contributed by atoms with van der Waals surface area (Å²) < 4.78 is 33.0. The van der Waals surface area contributed by atoms with Gasteiger partial charge in [0.15, 0.2) is 11.5 Å². The van der Waals surface area contributed by atoms with E-state index in [1.165, 1.54) is 16.4 Å². The van der Waals surface area contributed by atoms with Gasteiger partial charge in [0.25, 0.3) is 15.9 Å². The van der Waals surface area contributed by atoms with Gasteiger partial charge in [-0.2, -0.15) is 0 Å². The number of carbonyl (C=O) groups excluding carboxylic acids is 1. The van der Waals surface area contributed by atoms with Crippen LogP contribution in [0.2, 0.25) is 5.02 Å². The molecule has 0 saturated heterocycles. The summed E-state index contributed by atoms with van der Waals surface area (Å²) in [4.78, 5) is 12.9. The van der Waals surface area contributed by atoms with Crippen molar-refractivity contribution in [2.24, 2.45) is 0 Å². The van der Waals surface area contributed by atoms with Crippen molar-refractivity contribution in [2.45, 2.75) is 11.3 Å². The molecule has 0 saturated carbocycles. The molecule has 3 aromatic carbocycles. The second-order valence-electron chi connectivity index (χ2n) is 7.52. The third-order valence-corrected chi connectivity index (χ3v) is 7.48. The predicted octanol–water partition coefficient (Wildman–Crippen LogP) is 5.00. The van der Waals surface area contributed by atoms with E-state index in [-0.39, 0.29) is 10.6 Å². The van der Waals surface area contributed by atoms with Gasteiger partial charge in [-0.05, 0) is 48.4 Å². The molecular weight excluding hydrogens is 462 g/mol. The number of sulfonamides is 1. The molecule has 33 heavy (non-hydrogen) atoms. The van der Waals surface area contributed by atoms with Crippen LogP contribution >= 0.6 is 11.6 Å². The Morgan fingerprint density at radius 2 is 1.76 bits per heavy atom. The molecule has 0 fully saturated rings. The third-order valence-electron chi connectivity index (χ3n) is 5.40. The number of rotatable bonds is 5. The Hall–Kier alpha value is -3.62. The summed E-state index contributed by atoms with van der Waals surface area (Å²) >= 11 is 5.90. The number of amides is 1. The van der Waals surface area contributed by atoms with Crippen molar-refractivity contribution in [3.63, 3.8) is 0 Å². The summed E-state index contributed by atoms with van der Waals surface area (Å²) in [6.07, 6.45) is 0.583. The second kappa shape index (κ2) is 8.38. The molecule has 0 spiro atoms. The van der Waals surface area contributed by atoms with Crippen molar-refractivity contribution in [3.05, 3.63) is 95.1 Å². The van der Waals surface area contributed by atoms with Crippen molar-refractivity contribution in [3.8, 4) is 11.3 Å². The number of benzene rings is 3. The first-order valence-electron chi connectivity index (χ1n) is 10.2. The number of hydrogen-bond donors (Lipinski definition) is 1. The second-order valence-corrected chi connectivity index (χ2v) is 9.82. The standard InChI is InChI=1S/C24H18ClN3O4S/c25-18-7-10-20(11-8-18)33(30,31)28-13-12-16-6-9-19(14-22(16)28)26-24(29)21-15-23(32-27-21)17-4-2-1-3-5-17/h1-11,14-15H,12-13H2,(H,26,29). The highest BCUT2D eigenvalue weighted by Gasteiger charge is 2.31. The lowest BCUT2D eigenvalue weighted by Crippen LogP contribution is -2.29. The Morgan fingerprint density at radius 3 is 2.52 bits per heavy atom. The lowest BCUT2D eigenvalue weighted by atomic mass is 10.1. The molecule has 9 heteroatoms. The number of halogens is 1. The van der Waals surface area contributed by atoms with E-state index in [0.717, 1.165) is 11.1 Å². The molecule has 7 nitrogen and oxygen atoms in total. The summed E-state index contributed by atoms with van der Waals surface area (Å²) in [5.74, 6) is 0.0286. The Kier molecular flexibility index (Phi) is 5.39. The molecule has 1 N–H and O–H groups in total. The van der Waals surface area contributed by atoms with E-state index in [1.807, 2.05) is 36.4 Å². The van der Waals surface area contributed by atoms with Crippen molar-refractivity contribution < 1.29 is 17.7 Å². The van der Waals surface area contributed by atoms with Crippen LogP contribution in [0.1, 0.15) is 16.1 Å². The van der Waals surface area contributed by atoms with Crippen LogP contribution in [0.15, 0.2) is 88.3 Å². The highest BCUT2D eigenvalue weighted by Crippen LogP contribution is 2.35. The third kappa shape index (κ3) is 4.10. The molecule has 0 radical (unpaired) electrons. The molecule has 1 amide bonds. The Labute approximate surface area is 195 Å².